The molecule has 0 bridgehead atoms. The third-order valence-corrected chi connectivity index (χ3v) is 3.60. The molecule has 84 valence electrons. The first-order valence-corrected chi connectivity index (χ1v) is 6.47. The third-order valence-electron chi connectivity index (χ3n) is 3.15. The van der Waals surface area contributed by atoms with Crippen molar-refractivity contribution < 1.29 is 0 Å². The Morgan fingerprint density at radius 2 is 2.19 bits per heavy atom. The highest BCUT2D eigenvalue weighted by Gasteiger charge is 2.19. The molecule has 3 heteroatoms. The summed E-state index contributed by atoms with van der Waals surface area (Å²) in [6.07, 6.45) is 3.81. The molecule has 1 aromatic carbocycles. The van der Waals surface area contributed by atoms with Crippen LogP contribution in [-0.2, 0) is 0 Å². The molecule has 1 aromatic rings. The van der Waals surface area contributed by atoms with Crippen LogP contribution < -0.4 is 4.90 Å². The van der Waals surface area contributed by atoms with E-state index in [0.29, 0.717) is 6.04 Å². The molecule has 2 nitrogen and oxygen atoms in total. The van der Waals surface area contributed by atoms with Gasteiger partial charge in [0.2, 0.25) is 0 Å². The Kier molecular flexibility index (Phi) is 3.50. The van der Waals surface area contributed by atoms with Crippen LogP contribution in [0.2, 0.25) is 0 Å². The summed E-state index contributed by atoms with van der Waals surface area (Å²) in [5.74, 6) is 0. The summed E-state index contributed by atoms with van der Waals surface area (Å²) in [5, 5.41) is 8.96. The largest absolute Gasteiger partial charge is 0.369 e. The SMILES string of the molecule is CC1CCCCN1c1cc(Br)cc(C#N)c1. The van der Waals surface area contributed by atoms with Gasteiger partial charge in [0.1, 0.15) is 0 Å². The topological polar surface area (TPSA) is 27.0 Å². The quantitative estimate of drug-likeness (QED) is 0.783. The molecule has 0 N–H and O–H groups in total. The lowest BCUT2D eigenvalue weighted by atomic mass is 10.0. The van der Waals surface area contributed by atoms with Crippen molar-refractivity contribution in [3.8, 4) is 6.07 Å². The van der Waals surface area contributed by atoms with Gasteiger partial charge in [-0.3, -0.25) is 0 Å². The van der Waals surface area contributed by atoms with Gasteiger partial charge in [0.15, 0.2) is 0 Å². The van der Waals surface area contributed by atoms with Crippen LogP contribution in [0.15, 0.2) is 22.7 Å². The summed E-state index contributed by atoms with van der Waals surface area (Å²) in [7, 11) is 0. The standard InChI is InChI=1S/C13H15BrN2/c1-10-4-2-3-5-16(10)13-7-11(9-15)6-12(14)8-13/h6-8,10H,2-5H2,1H3. The lowest BCUT2D eigenvalue weighted by Gasteiger charge is -2.35. The molecule has 0 amide bonds. The van der Waals surface area contributed by atoms with Crippen molar-refractivity contribution in [1.82, 2.24) is 0 Å². The maximum atomic E-state index is 8.96. The molecule has 2 rings (SSSR count). The maximum absolute atomic E-state index is 8.96. The van der Waals surface area contributed by atoms with Crippen LogP contribution in [0.5, 0.6) is 0 Å². The van der Waals surface area contributed by atoms with Crippen molar-refractivity contribution >= 4 is 21.6 Å². The molecule has 1 fully saturated rings. The first kappa shape index (κ1) is 11.5. The van der Waals surface area contributed by atoms with E-state index < -0.39 is 0 Å². The van der Waals surface area contributed by atoms with Gasteiger partial charge in [0.05, 0.1) is 11.6 Å². The first-order valence-electron chi connectivity index (χ1n) is 5.68. The van der Waals surface area contributed by atoms with E-state index in [1.165, 1.54) is 19.3 Å². The summed E-state index contributed by atoms with van der Waals surface area (Å²) in [5.41, 5.74) is 1.89. The second-order valence-electron chi connectivity index (χ2n) is 4.35. The van der Waals surface area contributed by atoms with Crippen molar-refractivity contribution in [1.29, 1.82) is 5.26 Å². The summed E-state index contributed by atoms with van der Waals surface area (Å²) in [6, 6.07) is 8.72. The molecular weight excluding hydrogens is 264 g/mol. The predicted octanol–water partition coefficient (Wildman–Crippen LogP) is 3.70. The van der Waals surface area contributed by atoms with E-state index >= 15 is 0 Å². The zero-order valence-corrected chi connectivity index (χ0v) is 11.0. The van der Waals surface area contributed by atoms with E-state index in [1.807, 2.05) is 12.1 Å². The summed E-state index contributed by atoms with van der Waals surface area (Å²) >= 11 is 3.46. The Morgan fingerprint density at radius 1 is 1.38 bits per heavy atom. The van der Waals surface area contributed by atoms with Crippen LogP contribution in [-0.4, -0.2) is 12.6 Å². The van der Waals surface area contributed by atoms with Gasteiger partial charge in [-0.05, 0) is 44.4 Å². The van der Waals surface area contributed by atoms with Gasteiger partial charge in [0, 0.05) is 22.7 Å². The normalized spacial score (nSPS) is 20.6. The van der Waals surface area contributed by atoms with Crippen molar-refractivity contribution in [2.45, 2.75) is 32.2 Å². The highest BCUT2D eigenvalue weighted by molar-refractivity contribution is 9.10. The molecule has 0 radical (unpaired) electrons. The number of benzene rings is 1. The van der Waals surface area contributed by atoms with E-state index in [4.69, 9.17) is 5.26 Å². The summed E-state index contributed by atoms with van der Waals surface area (Å²) < 4.78 is 0.985. The maximum Gasteiger partial charge on any atom is 0.0992 e. The minimum absolute atomic E-state index is 0.578. The number of nitriles is 1. The molecule has 1 heterocycles. The van der Waals surface area contributed by atoms with Crippen LogP contribution in [0.3, 0.4) is 0 Å². The number of anilines is 1. The van der Waals surface area contributed by atoms with Crippen LogP contribution in [0.1, 0.15) is 31.7 Å². The smallest absolute Gasteiger partial charge is 0.0992 e. The Labute approximate surface area is 105 Å². The zero-order valence-electron chi connectivity index (χ0n) is 9.41. The first-order chi connectivity index (χ1) is 7.70. The van der Waals surface area contributed by atoms with Gasteiger partial charge in [-0.25, -0.2) is 0 Å². The number of hydrogen-bond acceptors (Lipinski definition) is 2. The molecule has 1 aliphatic rings. The highest BCUT2D eigenvalue weighted by Crippen LogP contribution is 2.28. The minimum atomic E-state index is 0.578. The second-order valence-corrected chi connectivity index (χ2v) is 5.26. The number of rotatable bonds is 1. The van der Waals surface area contributed by atoms with E-state index in [9.17, 15) is 0 Å². The van der Waals surface area contributed by atoms with Crippen molar-refractivity contribution in [3.63, 3.8) is 0 Å². The molecular formula is C13H15BrN2. The summed E-state index contributed by atoms with van der Waals surface area (Å²) in [6.45, 7) is 3.36. The average Bonchev–Trinajstić information content (AvgIpc) is 2.28. The third kappa shape index (κ3) is 2.38. The molecule has 1 unspecified atom stereocenters. The van der Waals surface area contributed by atoms with Crippen molar-refractivity contribution in [2.24, 2.45) is 0 Å². The van der Waals surface area contributed by atoms with Gasteiger partial charge >= 0.3 is 0 Å². The fourth-order valence-electron chi connectivity index (χ4n) is 2.29. The molecule has 0 spiro atoms. The zero-order chi connectivity index (χ0) is 11.5. The Bertz CT molecular complexity index is 422. The molecule has 1 saturated heterocycles. The van der Waals surface area contributed by atoms with E-state index in [2.05, 4.69) is 39.9 Å². The predicted molar refractivity (Wildman–Crippen MR) is 69.5 cm³/mol. The van der Waals surface area contributed by atoms with E-state index in [0.717, 1.165) is 22.3 Å². The molecule has 1 aliphatic heterocycles. The number of hydrogen-bond donors (Lipinski definition) is 0. The molecule has 0 aromatic heterocycles. The number of halogens is 1. The van der Waals surface area contributed by atoms with Gasteiger partial charge in [0.25, 0.3) is 0 Å². The van der Waals surface area contributed by atoms with Crippen molar-refractivity contribution in [2.75, 3.05) is 11.4 Å². The summed E-state index contributed by atoms with van der Waals surface area (Å²) in [4.78, 5) is 2.40. The highest BCUT2D eigenvalue weighted by atomic mass is 79.9. The van der Waals surface area contributed by atoms with Crippen LogP contribution in [0.25, 0.3) is 0 Å². The fraction of sp³-hybridized carbons (Fsp3) is 0.462. The molecule has 1 atom stereocenters. The lowest BCUT2D eigenvalue weighted by molar-refractivity contribution is 0.485. The van der Waals surface area contributed by atoms with Gasteiger partial charge in [-0.1, -0.05) is 15.9 Å². The number of piperidine rings is 1. The van der Waals surface area contributed by atoms with Gasteiger partial charge in [-0.15, -0.1) is 0 Å². The van der Waals surface area contributed by atoms with E-state index in [-0.39, 0.29) is 0 Å². The van der Waals surface area contributed by atoms with E-state index in [1.54, 1.807) is 0 Å². The van der Waals surface area contributed by atoms with Crippen molar-refractivity contribution in [3.05, 3.63) is 28.2 Å². The molecule has 0 aliphatic carbocycles. The molecule has 16 heavy (non-hydrogen) atoms. The van der Waals surface area contributed by atoms with Crippen LogP contribution >= 0.6 is 15.9 Å². The monoisotopic (exact) mass is 278 g/mol. The molecule has 0 saturated carbocycles. The van der Waals surface area contributed by atoms with Crippen LogP contribution in [0.4, 0.5) is 5.69 Å². The minimum Gasteiger partial charge on any atom is -0.369 e. The van der Waals surface area contributed by atoms with Crippen LogP contribution in [0, 0.1) is 11.3 Å². The lowest BCUT2D eigenvalue weighted by Crippen LogP contribution is -2.37. The number of nitrogens with zero attached hydrogens (tertiary/aromatic N) is 2. The Morgan fingerprint density at radius 3 is 2.88 bits per heavy atom. The van der Waals surface area contributed by atoms with Gasteiger partial charge < -0.3 is 4.90 Å². The second kappa shape index (κ2) is 4.88. The fourth-order valence-corrected chi connectivity index (χ4v) is 2.77. The van der Waals surface area contributed by atoms with Gasteiger partial charge in [-0.2, -0.15) is 5.26 Å². The average molecular weight is 279 g/mol. The Hall–Kier alpha value is -1.01. The Balaban J connectivity index is 2.32.